The molecule has 1 saturated heterocycles. The van der Waals surface area contributed by atoms with E-state index in [2.05, 4.69) is 9.97 Å². The van der Waals surface area contributed by atoms with Crippen LogP contribution in [-0.4, -0.2) is 61.2 Å². The van der Waals surface area contributed by atoms with Crippen LogP contribution in [0.5, 0.6) is 11.6 Å². The van der Waals surface area contributed by atoms with Crippen LogP contribution in [0.4, 0.5) is 5.82 Å². The molecule has 1 aromatic heterocycles. The summed E-state index contributed by atoms with van der Waals surface area (Å²) in [5, 5.41) is 0. The Kier molecular flexibility index (Phi) is 5.55. The number of hydrogen-bond donors (Lipinski definition) is 0. The molecule has 138 valence electrons. The van der Waals surface area contributed by atoms with Gasteiger partial charge in [0, 0.05) is 39.5 Å². The first-order valence-electron chi connectivity index (χ1n) is 8.62. The highest BCUT2D eigenvalue weighted by Crippen LogP contribution is 2.24. The second-order valence-corrected chi connectivity index (χ2v) is 6.47. The maximum Gasteiger partial charge on any atom is 0.257 e. The van der Waals surface area contributed by atoms with Crippen molar-refractivity contribution < 1.29 is 14.3 Å². The van der Waals surface area contributed by atoms with Gasteiger partial charge in [-0.3, -0.25) is 4.79 Å². The molecule has 1 aromatic carbocycles. The lowest BCUT2D eigenvalue weighted by Crippen LogP contribution is -2.32. The van der Waals surface area contributed by atoms with Crippen molar-refractivity contribution in [2.24, 2.45) is 0 Å². The summed E-state index contributed by atoms with van der Waals surface area (Å²) in [5.41, 5.74) is 0.976. The van der Waals surface area contributed by atoms with Crippen LogP contribution in [0.2, 0.25) is 0 Å². The van der Waals surface area contributed by atoms with Crippen molar-refractivity contribution in [3.05, 3.63) is 42.2 Å². The number of benzene rings is 1. The molecule has 26 heavy (non-hydrogen) atoms. The second kappa shape index (κ2) is 8.03. The van der Waals surface area contributed by atoms with Crippen molar-refractivity contribution in [1.82, 2.24) is 14.9 Å². The second-order valence-electron chi connectivity index (χ2n) is 6.47. The van der Waals surface area contributed by atoms with Gasteiger partial charge in [0.2, 0.25) is 5.91 Å². The van der Waals surface area contributed by atoms with Crippen molar-refractivity contribution in [3.8, 4) is 11.6 Å². The largest absolute Gasteiger partial charge is 0.497 e. The highest BCUT2D eigenvalue weighted by molar-refractivity contribution is 5.79. The van der Waals surface area contributed by atoms with Gasteiger partial charge in [-0.25, -0.2) is 9.97 Å². The third-order valence-corrected chi connectivity index (χ3v) is 4.36. The average Bonchev–Trinajstić information content (AvgIpc) is 3.11. The lowest BCUT2D eigenvalue weighted by atomic mass is 10.1. The Morgan fingerprint density at radius 1 is 1.23 bits per heavy atom. The highest BCUT2D eigenvalue weighted by atomic mass is 16.5. The molecule has 2 aromatic rings. The average molecular weight is 356 g/mol. The van der Waals surface area contributed by atoms with Crippen LogP contribution in [-0.2, 0) is 11.2 Å². The Bertz CT molecular complexity index is 749. The van der Waals surface area contributed by atoms with Gasteiger partial charge >= 0.3 is 0 Å². The van der Waals surface area contributed by atoms with Crippen LogP contribution < -0.4 is 14.4 Å². The van der Waals surface area contributed by atoms with Gasteiger partial charge in [-0.15, -0.1) is 0 Å². The molecule has 0 N–H and O–H groups in total. The Morgan fingerprint density at radius 3 is 2.65 bits per heavy atom. The number of aromatic nitrogens is 2. The van der Waals surface area contributed by atoms with Crippen LogP contribution in [0, 0.1) is 0 Å². The molecule has 1 fully saturated rings. The van der Waals surface area contributed by atoms with Crippen molar-refractivity contribution in [2.75, 3.05) is 39.2 Å². The van der Waals surface area contributed by atoms with Gasteiger partial charge in [-0.05, 0) is 17.7 Å². The van der Waals surface area contributed by atoms with Crippen LogP contribution >= 0.6 is 0 Å². The Balaban J connectivity index is 1.57. The number of amides is 1. The monoisotopic (exact) mass is 356 g/mol. The molecule has 1 aliphatic rings. The van der Waals surface area contributed by atoms with Crippen molar-refractivity contribution in [3.63, 3.8) is 0 Å². The topological polar surface area (TPSA) is 67.8 Å². The molecule has 1 amide bonds. The van der Waals surface area contributed by atoms with Gasteiger partial charge < -0.3 is 19.3 Å². The molecule has 3 rings (SSSR count). The third-order valence-electron chi connectivity index (χ3n) is 4.36. The van der Waals surface area contributed by atoms with E-state index in [1.807, 2.05) is 48.2 Å². The van der Waals surface area contributed by atoms with E-state index in [-0.39, 0.29) is 12.0 Å². The lowest BCUT2D eigenvalue weighted by molar-refractivity contribution is -0.129. The highest BCUT2D eigenvalue weighted by Gasteiger charge is 2.28. The van der Waals surface area contributed by atoms with Crippen molar-refractivity contribution in [1.29, 1.82) is 0 Å². The standard InChI is InChI=1S/C19H24N4O3/c1-22(2)18-19(21-10-9-20-18)26-16-8-11-23(13-16)17(24)12-14-4-6-15(25-3)7-5-14/h4-7,9-10,16H,8,11-13H2,1-3H3. The molecule has 2 heterocycles. The first-order chi connectivity index (χ1) is 12.6. The number of nitrogens with zero attached hydrogens (tertiary/aromatic N) is 4. The van der Waals surface area contributed by atoms with Crippen molar-refractivity contribution >= 4 is 11.7 Å². The summed E-state index contributed by atoms with van der Waals surface area (Å²) in [5.74, 6) is 2.09. The summed E-state index contributed by atoms with van der Waals surface area (Å²) in [6.07, 6.45) is 4.36. The fourth-order valence-electron chi connectivity index (χ4n) is 2.95. The van der Waals surface area contributed by atoms with Gasteiger partial charge in [0.1, 0.15) is 11.9 Å². The summed E-state index contributed by atoms with van der Waals surface area (Å²) < 4.78 is 11.1. The molecule has 1 atom stereocenters. The molecule has 0 spiro atoms. The molecule has 0 aliphatic carbocycles. The predicted molar refractivity (Wildman–Crippen MR) is 98.7 cm³/mol. The minimum atomic E-state index is -0.0646. The van der Waals surface area contributed by atoms with Gasteiger partial charge in [0.25, 0.3) is 5.88 Å². The summed E-state index contributed by atoms with van der Waals surface area (Å²) in [6, 6.07) is 7.58. The van der Waals surface area contributed by atoms with Gasteiger partial charge in [0.15, 0.2) is 5.82 Å². The van der Waals surface area contributed by atoms with E-state index in [0.717, 1.165) is 17.7 Å². The number of likely N-dealkylation sites (tertiary alicyclic amines) is 1. The number of anilines is 1. The molecule has 0 radical (unpaired) electrons. The van der Waals surface area contributed by atoms with E-state index in [9.17, 15) is 4.79 Å². The molecular formula is C19H24N4O3. The van der Waals surface area contributed by atoms with Crippen LogP contribution in [0.15, 0.2) is 36.7 Å². The molecular weight excluding hydrogens is 332 g/mol. The summed E-state index contributed by atoms with van der Waals surface area (Å²) >= 11 is 0. The fraction of sp³-hybridized carbons (Fsp3) is 0.421. The Morgan fingerprint density at radius 2 is 1.96 bits per heavy atom. The van der Waals surface area contributed by atoms with E-state index in [1.165, 1.54) is 0 Å². The van der Waals surface area contributed by atoms with E-state index in [0.29, 0.717) is 31.2 Å². The zero-order valence-electron chi connectivity index (χ0n) is 15.4. The lowest BCUT2D eigenvalue weighted by Gasteiger charge is -2.19. The first-order valence-corrected chi connectivity index (χ1v) is 8.62. The minimum Gasteiger partial charge on any atom is -0.497 e. The number of ether oxygens (including phenoxy) is 2. The van der Waals surface area contributed by atoms with Crippen LogP contribution in [0.25, 0.3) is 0 Å². The van der Waals surface area contributed by atoms with Gasteiger partial charge in [-0.2, -0.15) is 0 Å². The number of methoxy groups -OCH3 is 1. The number of carbonyl (C=O) groups excluding carboxylic acids is 1. The number of rotatable bonds is 6. The van der Waals surface area contributed by atoms with Crippen molar-refractivity contribution in [2.45, 2.75) is 18.9 Å². The quantitative estimate of drug-likeness (QED) is 0.786. The number of carbonyl (C=O) groups is 1. The summed E-state index contributed by atoms with van der Waals surface area (Å²) in [4.78, 5) is 24.8. The normalized spacial score (nSPS) is 16.4. The maximum atomic E-state index is 12.5. The smallest absolute Gasteiger partial charge is 0.257 e. The first kappa shape index (κ1) is 18.0. The summed E-state index contributed by atoms with van der Waals surface area (Å²) in [6.45, 7) is 1.26. The Hall–Kier alpha value is -2.83. The van der Waals surface area contributed by atoms with Gasteiger partial charge in [-0.1, -0.05) is 12.1 Å². The van der Waals surface area contributed by atoms with Crippen LogP contribution in [0.3, 0.4) is 0 Å². The molecule has 7 nitrogen and oxygen atoms in total. The molecule has 1 aliphatic heterocycles. The molecule has 1 unspecified atom stereocenters. The SMILES string of the molecule is COc1ccc(CC(=O)N2CCC(Oc3nccnc3N(C)C)C2)cc1. The van der Waals surface area contributed by atoms with Crippen LogP contribution in [0.1, 0.15) is 12.0 Å². The minimum absolute atomic E-state index is 0.0646. The Labute approximate surface area is 153 Å². The van der Waals surface area contributed by atoms with E-state index in [1.54, 1.807) is 19.5 Å². The third kappa shape index (κ3) is 4.22. The maximum absolute atomic E-state index is 12.5. The predicted octanol–water partition coefficient (Wildman–Crippen LogP) is 1.77. The molecule has 0 saturated carbocycles. The molecule has 7 heteroatoms. The summed E-state index contributed by atoms with van der Waals surface area (Å²) in [7, 11) is 5.43. The zero-order chi connectivity index (χ0) is 18.5. The van der Waals surface area contributed by atoms with E-state index >= 15 is 0 Å². The van der Waals surface area contributed by atoms with E-state index in [4.69, 9.17) is 9.47 Å². The zero-order valence-corrected chi connectivity index (χ0v) is 15.4. The number of hydrogen-bond acceptors (Lipinski definition) is 6. The van der Waals surface area contributed by atoms with Gasteiger partial charge in [0.05, 0.1) is 20.1 Å². The fourth-order valence-corrected chi connectivity index (χ4v) is 2.95. The molecule has 0 bridgehead atoms. The van der Waals surface area contributed by atoms with E-state index < -0.39 is 0 Å².